The van der Waals surface area contributed by atoms with Gasteiger partial charge < -0.3 is 15.0 Å². The Bertz CT molecular complexity index is 716. The molecule has 25 heavy (non-hydrogen) atoms. The Morgan fingerprint density at radius 1 is 1.36 bits per heavy atom. The van der Waals surface area contributed by atoms with Crippen molar-refractivity contribution in [3.63, 3.8) is 0 Å². The van der Waals surface area contributed by atoms with Gasteiger partial charge in [-0.3, -0.25) is 4.99 Å². The molecule has 1 fully saturated rings. The lowest BCUT2D eigenvalue weighted by atomic mass is 9.99. The van der Waals surface area contributed by atoms with E-state index in [1.807, 2.05) is 36.2 Å². The Labute approximate surface area is 155 Å². The first-order valence-corrected chi connectivity index (χ1v) is 10.5. The molecule has 1 N–H and O–H groups in total. The first-order chi connectivity index (χ1) is 11.8. The molecule has 0 unspecified atom stereocenters. The van der Waals surface area contributed by atoms with Crippen LogP contribution in [0.5, 0.6) is 0 Å². The first kappa shape index (κ1) is 20.0. The van der Waals surface area contributed by atoms with Gasteiger partial charge in [0.15, 0.2) is 15.8 Å². The maximum atomic E-state index is 12.3. The SMILES string of the molecule is CN=C(NCC1(S(C)(=O)=O)CCOCC1)N(C)Cc1ccccc1Cl. The molecule has 2 rings (SSSR count). The van der Waals surface area contributed by atoms with Gasteiger partial charge in [0, 0.05) is 51.7 Å². The normalized spacial score (nSPS) is 18.0. The molecule has 0 saturated carbocycles. The van der Waals surface area contributed by atoms with E-state index in [1.165, 1.54) is 6.26 Å². The van der Waals surface area contributed by atoms with E-state index in [0.29, 0.717) is 50.1 Å². The second-order valence-electron chi connectivity index (χ2n) is 6.42. The summed E-state index contributed by atoms with van der Waals surface area (Å²) in [5.74, 6) is 0.634. The molecule has 1 saturated heterocycles. The van der Waals surface area contributed by atoms with Crippen molar-refractivity contribution < 1.29 is 13.2 Å². The number of ether oxygens (including phenoxy) is 1. The summed E-state index contributed by atoms with van der Waals surface area (Å²) in [5, 5.41) is 3.92. The zero-order chi connectivity index (χ0) is 18.5. The molecule has 1 aromatic rings. The van der Waals surface area contributed by atoms with Crippen molar-refractivity contribution >= 4 is 27.4 Å². The Morgan fingerprint density at radius 2 is 2.00 bits per heavy atom. The Kier molecular flexibility index (Phi) is 6.71. The monoisotopic (exact) mass is 387 g/mol. The van der Waals surface area contributed by atoms with Crippen LogP contribution in [0.1, 0.15) is 18.4 Å². The van der Waals surface area contributed by atoms with Crippen LogP contribution in [0, 0.1) is 0 Å². The van der Waals surface area contributed by atoms with Crippen LogP contribution in [0.3, 0.4) is 0 Å². The van der Waals surface area contributed by atoms with Crippen LogP contribution in [0.4, 0.5) is 0 Å². The van der Waals surface area contributed by atoms with Gasteiger partial charge >= 0.3 is 0 Å². The minimum Gasteiger partial charge on any atom is -0.381 e. The molecular formula is C17H26ClN3O3S. The Hall–Kier alpha value is -1.31. The van der Waals surface area contributed by atoms with Crippen molar-refractivity contribution in [1.82, 2.24) is 10.2 Å². The molecular weight excluding hydrogens is 362 g/mol. The minimum atomic E-state index is -3.22. The number of hydrogen-bond donors (Lipinski definition) is 1. The van der Waals surface area contributed by atoms with E-state index >= 15 is 0 Å². The summed E-state index contributed by atoms with van der Waals surface area (Å²) in [6, 6.07) is 7.63. The molecule has 0 aliphatic carbocycles. The molecule has 0 atom stereocenters. The van der Waals surface area contributed by atoms with Gasteiger partial charge in [-0.25, -0.2) is 8.42 Å². The van der Waals surface area contributed by atoms with Gasteiger partial charge in [-0.2, -0.15) is 0 Å². The average molecular weight is 388 g/mol. The van der Waals surface area contributed by atoms with Crippen molar-refractivity contribution in [1.29, 1.82) is 0 Å². The van der Waals surface area contributed by atoms with E-state index in [4.69, 9.17) is 16.3 Å². The van der Waals surface area contributed by atoms with E-state index in [1.54, 1.807) is 7.05 Å². The average Bonchev–Trinajstić information content (AvgIpc) is 2.57. The summed E-state index contributed by atoms with van der Waals surface area (Å²) in [5.41, 5.74) is 0.985. The predicted molar refractivity (Wildman–Crippen MR) is 102 cm³/mol. The minimum absolute atomic E-state index is 0.314. The lowest BCUT2D eigenvalue weighted by molar-refractivity contribution is 0.0755. The van der Waals surface area contributed by atoms with Crippen LogP contribution in [0.25, 0.3) is 0 Å². The molecule has 6 nitrogen and oxygen atoms in total. The van der Waals surface area contributed by atoms with Crippen LogP contribution in [-0.2, 0) is 21.1 Å². The molecule has 140 valence electrons. The quantitative estimate of drug-likeness (QED) is 0.617. The second kappa shape index (κ2) is 8.38. The molecule has 1 aromatic carbocycles. The van der Waals surface area contributed by atoms with E-state index in [0.717, 1.165) is 5.56 Å². The third-order valence-corrected chi connectivity index (χ3v) is 7.19. The van der Waals surface area contributed by atoms with Crippen molar-refractivity contribution in [3.8, 4) is 0 Å². The number of nitrogens with zero attached hydrogens (tertiary/aromatic N) is 2. The molecule has 1 heterocycles. The van der Waals surface area contributed by atoms with Crippen molar-refractivity contribution in [2.45, 2.75) is 24.1 Å². The highest BCUT2D eigenvalue weighted by Crippen LogP contribution is 2.28. The summed E-state index contributed by atoms with van der Waals surface area (Å²) < 4.78 is 29.2. The summed E-state index contributed by atoms with van der Waals surface area (Å²) >= 11 is 6.22. The lowest BCUT2D eigenvalue weighted by Crippen LogP contribution is -2.53. The molecule has 0 spiro atoms. The molecule has 0 aromatic heterocycles. The standard InChI is InChI=1S/C17H26ClN3O3S/c1-19-16(21(2)12-14-6-4-5-7-15(14)18)20-13-17(25(3,22)23)8-10-24-11-9-17/h4-7H,8-13H2,1-3H3,(H,19,20). The third kappa shape index (κ3) is 4.86. The van der Waals surface area contributed by atoms with E-state index in [2.05, 4.69) is 10.3 Å². The summed E-state index contributed by atoms with van der Waals surface area (Å²) in [6.07, 6.45) is 2.28. The summed E-state index contributed by atoms with van der Waals surface area (Å²) in [4.78, 5) is 6.20. The fourth-order valence-corrected chi connectivity index (χ4v) is 4.44. The number of nitrogens with one attached hydrogen (secondary N) is 1. The van der Waals surface area contributed by atoms with E-state index in [-0.39, 0.29) is 0 Å². The zero-order valence-corrected chi connectivity index (χ0v) is 16.5. The number of hydrogen-bond acceptors (Lipinski definition) is 4. The van der Waals surface area contributed by atoms with Crippen molar-refractivity contribution in [3.05, 3.63) is 34.9 Å². The molecule has 0 amide bonds. The number of halogens is 1. The molecule has 0 radical (unpaired) electrons. The van der Waals surface area contributed by atoms with Crippen LogP contribution in [0.15, 0.2) is 29.3 Å². The third-order valence-electron chi connectivity index (χ3n) is 4.70. The number of rotatable bonds is 5. The fraction of sp³-hybridized carbons (Fsp3) is 0.588. The van der Waals surface area contributed by atoms with Gasteiger partial charge in [-0.1, -0.05) is 29.8 Å². The van der Waals surface area contributed by atoms with Gasteiger partial charge in [0.2, 0.25) is 0 Å². The van der Waals surface area contributed by atoms with Crippen molar-refractivity contribution in [2.75, 3.05) is 40.1 Å². The van der Waals surface area contributed by atoms with Gasteiger partial charge in [0.25, 0.3) is 0 Å². The van der Waals surface area contributed by atoms with E-state index in [9.17, 15) is 8.42 Å². The second-order valence-corrected chi connectivity index (χ2v) is 9.23. The van der Waals surface area contributed by atoms with Crippen LogP contribution in [-0.4, -0.2) is 64.1 Å². The Morgan fingerprint density at radius 3 is 2.56 bits per heavy atom. The van der Waals surface area contributed by atoms with Gasteiger partial charge in [-0.15, -0.1) is 0 Å². The predicted octanol–water partition coefficient (Wildman–Crippen LogP) is 1.94. The van der Waals surface area contributed by atoms with Crippen molar-refractivity contribution in [2.24, 2.45) is 4.99 Å². The molecule has 0 bridgehead atoms. The van der Waals surface area contributed by atoms with Crippen LogP contribution in [0.2, 0.25) is 5.02 Å². The smallest absolute Gasteiger partial charge is 0.193 e. The van der Waals surface area contributed by atoms with E-state index < -0.39 is 14.6 Å². The van der Waals surface area contributed by atoms with Gasteiger partial charge in [0.05, 0.1) is 4.75 Å². The highest BCUT2D eigenvalue weighted by molar-refractivity contribution is 7.92. The fourth-order valence-electron chi connectivity index (χ4n) is 3.00. The number of aliphatic imine (C=N–C) groups is 1. The Balaban J connectivity index is 2.07. The number of benzene rings is 1. The maximum Gasteiger partial charge on any atom is 0.193 e. The summed E-state index contributed by atoms with van der Waals surface area (Å²) in [7, 11) is 0.362. The molecule has 1 aliphatic heterocycles. The van der Waals surface area contributed by atoms with Crippen LogP contribution >= 0.6 is 11.6 Å². The first-order valence-electron chi connectivity index (χ1n) is 8.22. The van der Waals surface area contributed by atoms with Gasteiger partial charge in [-0.05, 0) is 24.5 Å². The van der Waals surface area contributed by atoms with Crippen LogP contribution < -0.4 is 5.32 Å². The highest BCUT2D eigenvalue weighted by atomic mass is 35.5. The molecule has 1 aliphatic rings. The summed E-state index contributed by atoms with van der Waals surface area (Å²) in [6.45, 7) is 1.81. The number of guanidine groups is 1. The highest BCUT2D eigenvalue weighted by Gasteiger charge is 2.42. The lowest BCUT2D eigenvalue weighted by Gasteiger charge is -2.36. The topological polar surface area (TPSA) is 71.0 Å². The largest absolute Gasteiger partial charge is 0.381 e. The van der Waals surface area contributed by atoms with Gasteiger partial charge in [0.1, 0.15) is 0 Å². The molecule has 8 heteroatoms. The number of sulfone groups is 1. The zero-order valence-electron chi connectivity index (χ0n) is 15.0. The maximum absolute atomic E-state index is 12.3.